The first kappa shape index (κ1) is 14.5. The number of hydrogen-bond donors (Lipinski definition) is 2. The lowest BCUT2D eigenvalue weighted by molar-refractivity contribution is 0.100. The molecule has 3 nitrogen and oxygen atoms in total. The van der Waals surface area contributed by atoms with Crippen molar-refractivity contribution in [2.24, 2.45) is 5.73 Å². The highest BCUT2D eigenvalue weighted by atomic mass is 16.1. The van der Waals surface area contributed by atoms with E-state index in [1.54, 1.807) is 0 Å². The Bertz CT molecular complexity index is 679. The Morgan fingerprint density at radius 3 is 1.95 bits per heavy atom. The molecule has 1 saturated heterocycles. The van der Waals surface area contributed by atoms with Crippen molar-refractivity contribution >= 4 is 11.5 Å². The average molecular weight is 292 g/mol. The number of rotatable bonds is 3. The molecular formula is C19H20N2O. The van der Waals surface area contributed by atoms with Crippen molar-refractivity contribution in [2.75, 3.05) is 13.1 Å². The third-order valence-electron chi connectivity index (χ3n) is 4.08. The molecule has 112 valence electrons. The van der Waals surface area contributed by atoms with Crippen LogP contribution in [-0.2, 0) is 0 Å². The Morgan fingerprint density at radius 1 is 0.818 bits per heavy atom. The van der Waals surface area contributed by atoms with Crippen LogP contribution in [0.25, 0.3) is 5.57 Å². The molecule has 3 N–H and O–H groups in total. The fourth-order valence-corrected chi connectivity index (χ4v) is 2.96. The van der Waals surface area contributed by atoms with Crippen LogP contribution in [0.4, 0.5) is 0 Å². The Kier molecular flexibility index (Phi) is 4.35. The first-order valence-electron chi connectivity index (χ1n) is 7.64. The average Bonchev–Trinajstić information content (AvgIpc) is 2.57. The van der Waals surface area contributed by atoms with Crippen molar-refractivity contribution in [2.45, 2.75) is 12.8 Å². The number of benzene rings is 2. The van der Waals surface area contributed by atoms with E-state index in [0.29, 0.717) is 5.56 Å². The fraction of sp³-hybridized carbons (Fsp3) is 0.211. The van der Waals surface area contributed by atoms with Crippen LogP contribution in [0.15, 0.2) is 60.2 Å². The van der Waals surface area contributed by atoms with Gasteiger partial charge in [-0.2, -0.15) is 0 Å². The summed E-state index contributed by atoms with van der Waals surface area (Å²) in [6.45, 7) is 2.04. The van der Waals surface area contributed by atoms with E-state index in [9.17, 15) is 4.79 Å². The number of carbonyl (C=O) groups excluding carboxylic acids is 1. The second kappa shape index (κ2) is 6.58. The lowest BCUT2D eigenvalue weighted by Crippen LogP contribution is -2.23. The van der Waals surface area contributed by atoms with E-state index in [4.69, 9.17) is 5.73 Å². The third kappa shape index (κ3) is 3.10. The summed E-state index contributed by atoms with van der Waals surface area (Å²) in [5.41, 5.74) is 11.0. The van der Waals surface area contributed by atoms with Gasteiger partial charge in [-0.25, -0.2) is 0 Å². The lowest BCUT2D eigenvalue weighted by Gasteiger charge is -2.21. The van der Waals surface area contributed by atoms with Gasteiger partial charge in [0.25, 0.3) is 0 Å². The highest BCUT2D eigenvalue weighted by Crippen LogP contribution is 2.31. The molecule has 22 heavy (non-hydrogen) atoms. The molecule has 0 unspecified atom stereocenters. The van der Waals surface area contributed by atoms with Gasteiger partial charge < -0.3 is 11.1 Å². The van der Waals surface area contributed by atoms with Gasteiger partial charge >= 0.3 is 0 Å². The van der Waals surface area contributed by atoms with Gasteiger partial charge in [-0.1, -0.05) is 48.0 Å². The topological polar surface area (TPSA) is 55.1 Å². The third-order valence-corrected chi connectivity index (χ3v) is 4.08. The zero-order valence-electron chi connectivity index (χ0n) is 12.5. The molecule has 1 amide bonds. The summed E-state index contributed by atoms with van der Waals surface area (Å²) in [5, 5.41) is 3.40. The fourth-order valence-electron chi connectivity index (χ4n) is 2.96. The second-order valence-corrected chi connectivity index (χ2v) is 5.54. The summed E-state index contributed by atoms with van der Waals surface area (Å²) in [4.78, 5) is 11.3. The summed E-state index contributed by atoms with van der Waals surface area (Å²) in [6.07, 6.45) is 2.11. The SMILES string of the molecule is NC(=O)c1ccc(C(=C2CCNCC2)c2ccccc2)cc1. The van der Waals surface area contributed by atoms with Crippen LogP contribution in [0.5, 0.6) is 0 Å². The van der Waals surface area contributed by atoms with E-state index >= 15 is 0 Å². The van der Waals surface area contributed by atoms with E-state index < -0.39 is 0 Å². The summed E-state index contributed by atoms with van der Waals surface area (Å²) >= 11 is 0. The normalized spacial score (nSPS) is 14.6. The zero-order valence-corrected chi connectivity index (χ0v) is 12.5. The highest BCUT2D eigenvalue weighted by Gasteiger charge is 2.14. The van der Waals surface area contributed by atoms with Gasteiger partial charge in [-0.05, 0) is 54.8 Å². The number of nitrogens with one attached hydrogen (secondary N) is 1. The van der Waals surface area contributed by atoms with Gasteiger partial charge in [0.15, 0.2) is 0 Å². The molecule has 3 heteroatoms. The van der Waals surface area contributed by atoms with Crippen molar-refractivity contribution in [3.05, 3.63) is 76.9 Å². The summed E-state index contributed by atoms with van der Waals surface area (Å²) in [5.74, 6) is -0.387. The summed E-state index contributed by atoms with van der Waals surface area (Å²) in [6, 6.07) is 18.1. The van der Waals surface area contributed by atoms with Gasteiger partial charge in [0, 0.05) is 5.56 Å². The van der Waals surface area contributed by atoms with Crippen LogP contribution in [0.3, 0.4) is 0 Å². The summed E-state index contributed by atoms with van der Waals surface area (Å²) in [7, 11) is 0. The minimum absolute atomic E-state index is 0.387. The molecule has 0 spiro atoms. The lowest BCUT2D eigenvalue weighted by atomic mass is 9.88. The molecule has 2 aromatic rings. The van der Waals surface area contributed by atoms with Crippen LogP contribution in [0.1, 0.15) is 34.3 Å². The monoisotopic (exact) mass is 292 g/mol. The van der Waals surface area contributed by atoms with Gasteiger partial charge in [0.1, 0.15) is 0 Å². The number of amides is 1. The van der Waals surface area contributed by atoms with Crippen LogP contribution in [0.2, 0.25) is 0 Å². The van der Waals surface area contributed by atoms with Crippen LogP contribution in [-0.4, -0.2) is 19.0 Å². The predicted octanol–water partition coefficient (Wildman–Crippen LogP) is 2.97. The first-order chi connectivity index (χ1) is 10.8. The molecule has 1 aliphatic heterocycles. The van der Waals surface area contributed by atoms with Crippen molar-refractivity contribution in [3.63, 3.8) is 0 Å². The Hall–Kier alpha value is -2.39. The molecule has 1 heterocycles. The Morgan fingerprint density at radius 2 is 1.36 bits per heavy atom. The van der Waals surface area contributed by atoms with Crippen LogP contribution < -0.4 is 11.1 Å². The van der Waals surface area contributed by atoms with Crippen molar-refractivity contribution < 1.29 is 4.79 Å². The molecule has 0 aliphatic carbocycles. The van der Waals surface area contributed by atoms with Crippen molar-refractivity contribution in [1.29, 1.82) is 0 Å². The molecule has 3 rings (SSSR count). The standard InChI is InChI=1S/C19H20N2O/c20-19(22)17-8-6-15(7-9-17)18(14-4-2-1-3-5-14)16-10-12-21-13-11-16/h1-9,21H,10-13H2,(H2,20,22). The minimum atomic E-state index is -0.387. The summed E-state index contributed by atoms with van der Waals surface area (Å²) < 4.78 is 0. The number of primary amides is 1. The number of hydrogen-bond acceptors (Lipinski definition) is 2. The highest BCUT2D eigenvalue weighted by molar-refractivity contribution is 5.93. The van der Waals surface area contributed by atoms with E-state index in [0.717, 1.165) is 31.5 Å². The molecule has 1 fully saturated rings. The van der Waals surface area contributed by atoms with E-state index in [1.165, 1.54) is 16.7 Å². The predicted molar refractivity (Wildman–Crippen MR) is 89.5 cm³/mol. The maximum absolute atomic E-state index is 11.3. The molecule has 0 radical (unpaired) electrons. The molecule has 0 bridgehead atoms. The van der Waals surface area contributed by atoms with Crippen LogP contribution >= 0.6 is 0 Å². The van der Waals surface area contributed by atoms with Gasteiger partial charge in [0.2, 0.25) is 5.91 Å². The van der Waals surface area contributed by atoms with Gasteiger partial charge in [0.05, 0.1) is 0 Å². The second-order valence-electron chi connectivity index (χ2n) is 5.54. The molecule has 2 aromatic carbocycles. The molecule has 1 aliphatic rings. The van der Waals surface area contributed by atoms with Crippen LogP contribution in [0, 0.1) is 0 Å². The van der Waals surface area contributed by atoms with Gasteiger partial charge in [-0.15, -0.1) is 0 Å². The van der Waals surface area contributed by atoms with E-state index in [-0.39, 0.29) is 5.91 Å². The molecule has 0 saturated carbocycles. The minimum Gasteiger partial charge on any atom is -0.366 e. The maximum Gasteiger partial charge on any atom is 0.248 e. The molecule has 0 aromatic heterocycles. The first-order valence-corrected chi connectivity index (χ1v) is 7.64. The number of nitrogens with two attached hydrogens (primary N) is 1. The number of piperidine rings is 1. The number of carbonyl (C=O) groups is 1. The Balaban J connectivity index is 2.07. The molecule has 0 atom stereocenters. The Labute approximate surface area is 130 Å². The molecular weight excluding hydrogens is 272 g/mol. The quantitative estimate of drug-likeness (QED) is 0.914. The van der Waals surface area contributed by atoms with Crippen molar-refractivity contribution in [1.82, 2.24) is 5.32 Å². The van der Waals surface area contributed by atoms with E-state index in [1.807, 2.05) is 30.3 Å². The largest absolute Gasteiger partial charge is 0.366 e. The van der Waals surface area contributed by atoms with Crippen molar-refractivity contribution in [3.8, 4) is 0 Å². The zero-order chi connectivity index (χ0) is 15.4. The van der Waals surface area contributed by atoms with E-state index in [2.05, 4.69) is 29.6 Å². The smallest absolute Gasteiger partial charge is 0.248 e. The maximum atomic E-state index is 11.3. The van der Waals surface area contributed by atoms with Gasteiger partial charge in [-0.3, -0.25) is 4.79 Å².